The predicted octanol–water partition coefficient (Wildman–Crippen LogP) is 3.66. The van der Waals surface area contributed by atoms with E-state index < -0.39 is 22.1 Å². The molecular formula is C26H29N3O5S. The van der Waals surface area contributed by atoms with Crippen molar-refractivity contribution in [3.8, 4) is 5.75 Å². The molecule has 0 unspecified atom stereocenters. The molecule has 184 valence electrons. The van der Waals surface area contributed by atoms with Gasteiger partial charge in [0.25, 0.3) is 10.0 Å². The van der Waals surface area contributed by atoms with Gasteiger partial charge in [-0.25, -0.2) is 17.9 Å². The number of anilines is 1. The van der Waals surface area contributed by atoms with E-state index in [0.717, 1.165) is 5.56 Å². The van der Waals surface area contributed by atoms with Gasteiger partial charge in [-0.1, -0.05) is 48.5 Å². The Morgan fingerprint density at radius 3 is 2.17 bits per heavy atom. The molecule has 3 amide bonds. The minimum Gasteiger partial charge on any atom is -0.497 e. The van der Waals surface area contributed by atoms with Crippen LogP contribution >= 0.6 is 0 Å². The highest BCUT2D eigenvalue weighted by Crippen LogP contribution is 2.21. The third kappa shape index (κ3) is 6.60. The standard InChI is InChI=1S/C26H29N3O5S/c1-4-29(21-14-16-22(34-3)17-15-21)25(30)23(18-20-11-6-5-7-12-20)27-26(31)28-35(32,33)24-13-9-8-10-19(24)2/h5-17,23H,4,18H2,1-3H3,(H2,27,28,31)/t23-/m0/s1. The quantitative estimate of drug-likeness (QED) is 0.472. The number of rotatable bonds is 9. The van der Waals surface area contributed by atoms with Crippen molar-refractivity contribution in [3.05, 3.63) is 90.0 Å². The van der Waals surface area contributed by atoms with Gasteiger partial charge >= 0.3 is 6.03 Å². The molecule has 0 aliphatic rings. The predicted molar refractivity (Wildman–Crippen MR) is 135 cm³/mol. The Hall–Kier alpha value is -3.85. The Kier molecular flexibility index (Phi) is 8.48. The third-order valence-electron chi connectivity index (χ3n) is 5.46. The maximum atomic E-state index is 13.6. The highest BCUT2D eigenvalue weighted by Gasteiger charge is 2.28. The zero-order chi connectivity index (χ0) is 25.4. The molecule has 0 bridgehead atoms. The topological polar surface area (TPSA) is 105 Å². The van der Waals surface area contributed by atoms with Gasteiger partial charge in [0.05, 0.1) is 12.0 Å². The molecule has 0 radical (unpaired) electrons. The lowest BCUT2D eigenvalue weighted by Gasteiger charge is -2.27. The molecule has 0 saturated heterocycles. The van der Waals surface area contributed by atoms with Crippen molar-refractivity contribution in [3.63, 3.8) is 0 Å². The lowest BCUT2D eigenvalue weighted by Crippen LogP contribution is -2.53. The Labute approximate surface area is 206 Å². The van der Waals surface area contributed by atoms with Gasteiger partial charge in [-0.15, -0.1) is 0 Å². The molecule has 0 aliphatic carbocycles. The Balaban J connectivity index is 1.85. The zero-order valence-electron chi connectivity index (χ0n) is 19.9. The van der Waals surface area contributed by atoms with Gasteiger partial charge in [0, 0.05) is 18.7 Å². The largest absolute Gasteiger partial charge is 0.497 e. The van der Waals surface area contributed by atoms with Gasteiger partial charge in [-0.3, -0.25) is 4.79 Å². The van der Waals surface area contributed by atoms with Gasteiger partial charge in [0.1, 0.15) is 11.8 Å². The highest BCUT2D eigenvalue weighted by molar-refractivity contribution is 7.90. The van der Waals surface area contributed by atoms with Crippen LogP contribution in [-0.2, 0) is 21.2 Å². The molecule has 1 atom stereocenters. The van der Waals surface area contributed by atoms with Crippen LogP contribution in [0.1, 0.15) is 18.1 Å². The molecule has 9 heteroatoms. The van der Waals surface area contributed by atoms with Crippen LogP contribution in [0, 0.1) is 6.92 Å². The first-order valence-electron chi connectivity index (χ1n) is 11.1. The van der Waals surface area contributed by atoms with Crippen molar-refractivity contribution >= 4 is 27.6 Å². The lowest BCUT2D eigenvalue weighted by molar-refractivity contribution is -0.120. The van der Waals surface area contributed by atoms with Crippen LogP contribution in [0.4, 0.5) is 10.5 Å². The molecule has 3 rings (SSSR count). The van der Waals surface area contributed by atoms with E-state index in [9.17, 15) is 18.0 Å². The van der Waals surface area contributed by atoms with Crippen molar-refractivity contribution in [1.82, 2.24) is 10.0 Å². The summed E-state index contributed by atoms with van der Waals surface area (Å²) in [5.41, 5.74) is 1.95. The van der Waals surface area contributed by atoms with Crippen molar-refractivity contribution < 1.29 is 22.7 Å². The van der Waals surface area contributed by atoms with Crippen molar-refractivity contribution in [1.29, 1.82) is 0 Å². The van der Waals surface area contributed by atoms with Crippen LogP contribution in [0.2, 0.25) is 0 Å². The summed E-state index contributed by atoms with van der Waals surface area (Å²) in [6.07, 6.45) is 0.185. The molecule has 0 saturated carbocycles. The number of nitrogens with one attached hydrogen (secondary N) is 2. The number of sulfonamides is 1. The molecular weight excluding hydrogens is 466 g/mol. The number of nitrogens with zero attached hydrogens (tertiary/aromatic N) is 1. The number of ether oxygens (including phenoxy) is 1. The summed E-state index contributed by atoms with van der Waals surface area (Å²) < 4.78 is 32.8. The SMILES string of the molecule is CCN(C(=O)[C@H](Cc1ccccc1)NC(=O)NS(=O)(=O)c1ccccc1C)c1ccc(OC)cc1. The zero-order valence-corrected chi connectivity index (χ0v) is 20.7. The molecule has 3 aromatic carbocycles. The number of hydrogen-bond acceptors (Lipinski definition) is 5. The fourth-order valence-corrected chi connectivity index (χ4v) is 4.85. The second kappa shape index (κ2) is 11.5. The number of methoxy groups -OCH3 is 1. The van der Waals surface area contributed by atoms with Gasteiger partial charge in [-0.2, -0.15) is 0 Å². The number of hydrogen-bond donors (Lipinski definition) is 2. The number of carbonyl (C=O) groups excluding carboxylic acids is 2. The molecule has 0 aliphatic heterocycles. The second-order valence-electron chi connectivity index (χ2n) is 7.87. The fraction of sp³-hybridized carbons (Fsp3) is 0.231. The van der Waals surface area contributed by atoms with Crippen LogP contribution in [0.3, 0.4) is 0 Å². The van der Waals surface area contributed by atoms with Crippen LogP contribution in [0.5, 0.6) is 5.75 Å². The average Bonchev–Trinajstić information content (AvgIpc) is 2.85. The highest BCUT2D eigenvalue weighted by atomic mass is 32.2. The summed E-state index contributed by atoms with van der Waals surface area (Å²) in [4.78, 5) is 27.9. The normalized spacial score (nSPS) is 11.9. The van der Waals surface area contributed by atoms with E-state index in [2.05, 4.69) is 5.32 Å². The summed E-state index contributed by atoms with van der Waals surface area (Å²) in [7, 11) is -2.56. The monoisotopic (exact) mass is 495 g/mol. The van der Waals surface area contributed by atoms with E-state index in [1.165, 1.54) is 11.0 Å². The Morgan fingerprint density at radius 2 is 1.57 bits per heavy atom. The minimum absolute atomic E-state index is 0.00509. The number of likely N-dealkylation sites (N-methyl/N-ethyl adjacent to an activating group) is 1. The average molecular weight is 496 g/mol. The molecule has 0 aromatic heterocycles. The van der Waals surface area contributed by atoms with Crippen molar-refractivity contribution in [2.75, 3.05) is 18.6 Å². The summed E-state index contributed by atoms with van der Waals surface area (Å²) in [6, 6.07) is 20.6. The van der Waals surface area contributed by atoms with Crippen LogP contribution in [-0.4, -0.2) is 40.1 Å². The van der Waals surface area contributed by atoms with Gasteiger partial charge in [0.15, 0.2) is 0 Å². The van der Waals surface area contributed by atoms with Gasteiger partial charge < -0.3 is 15.0 Å². The molecule has 2 N–H and O–H groups in total. The summed E-state index contributed by atoms with van der Waals surface area (Å²) in [5.74, 6) is 0.280. The van der Waals surface area contributed by atoms with Gasteiger partial charge in [0.2, 0.25) is 5.91 Å². The molecule has 35 heavy (non-hydrogen) atoms. The van der Waals surface area contributed by atoms with Crippen LogP contribution in [0.25, 0.3) is 0 Å². The molecule has 0 fully saturated rings. The van der Waals surface area contributed by atoms with E-state index in [-0.39, 0.29) is 17.2 Å². The number of carbonyl (C=O) groups is 2. The Morgan fingerprint density at radius 1 is 0.943 bits per heavy atom. The second-order valence-corrected chi connectivity index (χ2v) is 9.52. The van der Waals surface area contributed by atoms with Gasteiger partial charge in [-0.05, 0) is 55.3 Å². The summed E-state index contributed by atoms with van der Waals surface area (Å²) in [6.45, 7) is 3.81. The summed E-state index contributed by atoms with van der Waals surface area (Å²) >= 11 is 0. The first-order valence-corrected chi connectivity index (χ1v) is 12.6. The number of aryl methyl sites for hydroxylation is 1. The lowest BCUT2D eigenvalue weighted by atomic mass is 10.0. The van der Waals surface area contributed by atoms with Crippen molar-refractivity contribution in [2.24, 2.45) is 0 Å². The van der Waals surface area contributed by atoms with E-state index in [1.54, 1.807) is 56.5 Å². The van der Waals surface area contributed by atoms with Crippen LogP contribution in [0.15, 0.2) is 83.8 Å². The van der Waals surface area contributed by atoms with Crippen molar-refractivity contribution in [2.45, 2.75) is 31.2 Å². The molecule has 8 nitrogen and oxygen atoms in total. The molecule has 0 heterocycles. The van der Waals surface area contributed by atoms with E-state index in [1.807, 2.05) is 42.0 Å². The van der Waals surface area contributed by atoms with E-state index in [4.69, 9.17) is 4.74 Å². The number of benzene rings is 3. The fourth-order valence-electron chi connectivity index (χ4n) is 3.69. The number of amides is 3. The third-order valence-corrected chi connectivity index (χ3v) is 6.95. The maximum Gasteiger partial charge on any atom is 0.329 e. The first kappa shape index (κ1) is 25.8. The minimum atomic E-state index is -4.12. The van der Waals surface area contributed by atoms with Crippen LogP contribution < -0.4 is 19.7 Å². The molecule has 3 aromatic rings. The molecule has 0 spiro atoms. The summed E-state index contributed by atoms with van der Waals surface area (Å²) in [5, 5.41) is 2.57. The van der Waals surface area contributed by atoms with E-state index >= 15 is 0 Å². The van der Waals surface area contributed by atoms with E-state index in [0.29, 0.717) is 23.5 Å². The smallest absolute Gasteiger partial charge is 0.329 e. The number of urea groups is 1. The Bertz CT molecular complexity index is 1260. The first-order chi connectivity index (χ1) is 16.7. The maximum absolute atomic E-state index is 13.6.